The molecule has 0 radical (unpaired) electrons. The van der Waals surface area contributed by atoms with Crippen LogP contribution in [0.1, 0.15) is 37.1 Å². The normalized spacial score (nSPS) is 18.9. The van der Waals surface area contributed by atoms with E-state index in [1.807, 2.05) is 13.1 Å². The predicted molar refractivity (Wildman–Crippen MR) is 67.7 cm³/mol. The molecule has 0 aromatic carbocycles. The van der Waals surface area contributed by atoms with Crippen LogP contribution in [0.15, 0.2) is 12.3 Å². The van der Waals surface area contributed by atoms with E-state index in [-0.39, 0.29) is 5.54 Å². The van der Waals surface area contributed by atoms with Gasteiger partial charge in [0.1, 0.15) is 5.82 Å². The molecule has 0 atom stereocenters. The van der Waals surface area contributed by atoms with E-state index in [2.05, 4.69) is 21.0 Å². The van der Waals surface area contributed by atoms with Crippen molar-refractivity contribution in [2.45, 2.75) is 44.6 Å². The molecule has 1 aliphatic carbocycles. The molecule has 1 fully saturated rings. The van der Waals surface area contributed by atoms with Gasteiger partial charge in [0.25, 0.3) is 0 Å². The highest BCUT2D eigenvalue weighted by molar-refractivity contribution is 5.70. The molecule has 2 aromatic heterocycles. The molecule has 0 saturated heterocycles. The van der Waals surface area contributed by atoms with Crippen LogP contribution in [0, 0.1) is 6.92 Å². The Morgan fingerprint density at radius 1 is 1.41 bits per heavy atom. The van der Waals surface area contributed by atoms with Gasteiger partial charge in [-0.15, -0.1) is 0 Å². The van der Waals surface area contributed by atoms with Crippen LogP contribution in [-0.4, -0.2) is 20.5 Å². The second-order valence-corrected chi connectivity index (χ2v) is 5.31. The number of aromatic nitrogens is 3. The molecular weight excluding hydrogens is 212 g/mol. The fraction of sp³-hybridized carbons (Fsp3) is 0.538. The van der Waals surface area contributed by atoms with E-state index in [1.54, 1.807) is 0 Å². The van der Waals surface area contributed by atoms with E-state index in [0.717, 1.165) is 41.8 Å². The Kier molecular flexibility index (Phi) is 2.40. The number of aromatic amines is 1. The SMILES string of the molecule is Cc1cnc2nc(CC3(N)CCCC3)[nH]c2c1. The molecule has 0 amide bonds. The highest BCUT2D eigenvalue weighted by Crippen LogP contribution is 2.30. The van der Waals surface area contributed by atoms with E-state index < -0.39 is 0 Å². The molecular formula is C13H18N4. The van der Waals surface area contributed by atoms with Crippen molar-refractivity contribution in [3.05, 3.63) is 23.7 Å². The minimum absolute atomic E-state index is 0.0527. The third-order valence-corrected chi connectivity index (χ3v) is 3.64. The molecule has 0 unspecified atom stereocenters. The summed E-state index contributed by atoms with van der Waals surface area (Å²) < 4.78 is 0. The molecule has 1 aliphatic rings. The van der Waals surface area contributed by atoms with Crippen LogP contribution >= 0.6 is 0 Å². The van der Waals surface area contributed by atoms with Gasteiger partial charge in [-0.1, -0.05) is 12.8 Å². The van der Waals surface area contributed by atoms with Gasteiger partial charge in [-0.2, -0.15) is 0 Å². The molecule has 1 saturated carbocycles. The molecule has 3 rings (SSSR count). The number of nitrogens with two attached hydrogens (primary N) is 1. The van der Waals surface area contributed by atoms with Crippen molar-refractivity contribution < 1.29 is 0 Å². The van der Waals surface area contributed by atoms with Crippen LogP contribution in [0.4, 0.5) is 0 Å². The molecule has 3 N–H and O–H groups in total. The Morgan fingerprint density at radius 2 is 2.18 bits per heavy atom. The van der Waals surface area contributed by atoms with Crippen molar-refractivity contribution in [3.63, 3.8) is 0 Å². The lowest BCUT2D eigenvalue weighted by Crippen LogP contribution is -2.39. The van der Waals surface area contributed by atoms with E-state index >= 15 is 0 Å². The molecule has 4 nitrogen and oxygen atoms in total. The lowest BCUT2D eigenvalue weighted by Gasteiger charge is -2.21. The molecule has 2 aromatic rings. The molecule has 2 heterocycles. The van der Waals surface area contributed by atoms with Gasteiger partial charge < -0.3 is 10.7 Å². The lowest BCUT2D eigenvalue weighted by atomic mass is 9.94. The smallest absolute Gasteiger partial charge is 0.177 e. The number of H-pyrrole nitrogens is 1. The largest absolute Gasteiger partial charge is 0.341 e. The Morgan fingerprint density at radius 3 is 2.94 bits per heavy atom. The molecule has 17 heavy (non-hydrogen) atoms. The summed E-state index contributed by atoms with van der Waals surface area (Å²) >= 11 is 0. The maximum atomic E-state index is 6.36. The Bertz CT molecular complexity index is 537. The van der Waals surface area contributed by atoms with Crippen molar-refractivity contribution in [1.29, 1.82) is 0 Å². The predicted octanol–water partition coefficient (Wildman–Crippen LogP) is 2.08. The Balaban J connectivity index is 1.90. The van der Waals surface area contributed by atoms with Gasteiger partial charge in [0, 0.05) is 18.2 Å². The number of hydrogen-bond donors (Lipinski definition) is 2. The van der Waals surface area contributed by atoms with Crippen LogP contribution in [-0.2, 0) is 6.42 Å². The lowest BCUT2D eigenvalue weighted by molar-refractivity contribution is 0.428. The number of fused-ring (bicyclic) bond motifs is 1. The van der Waals surface area contributed by atoms with Gasteiger partial charge >= 0.3 is 0 Å². The Hall–Kier alpha value is -1.42. The number of pyridine rings is 1. The molecule has 0 bridgehead atoms. The number of nitrogens with zero attached hydrogens (tertiary/aromatic N) is 2. The maximum absolute atomic E-state index is 6.36. The number of hydrogen-bond acceptors (Lipinski definition) is 3. The van der Waals surface area contributed by atoms with Crippen LogP contribution < -0.4 is 5.73 Å². The van der Waals surface area contributed by atoms with E-state index in [9.17, 15) is 0 Å². The zero-order valence-electron chi connectivity index (χ0n) is 10.2. The van der Waals surface area contributed by atoms with Crippen LogP contribution in [0.3, 0.4) is 0 Å². The zero-order valence-corrected chi connectivity index (χ0v) is 10.2. The highest BCUT2D eigenvalue weighted by Gasteiger charge is 2.30. The van der Waals surface area contributed by atoms with Crippen molar-refractivity contribution >= 4 is 11.2 Å². The highest BCUT2D eigenvalue weighted by atomic mass is 15.0. The van der Waals surface area contributed by atoms with Gasteiger partial charge in [0.05, 0.1) is 5.52 Å². The van der Waals surface area contributed by atoms with Crippen LogP contribution in [0.25, 0.3) is 11.2 Å². The van der Waals surface area contributed by atoms with E-state index in [0.29, 0.717) is 0 Å². The number of imidazole rings is 1. The number of aryl methyl sites for hydroxylation is 1. The summed E-state index contributed by atoms with van der Waals surface area (Å²) in [6.07, 6.45) is 7.39. The molecule has 0 aliphatic heterocycles. The molecule has 90 valence electrons. The van der Waals surface area contributed by atoms with Gasteiger partial charge in [0.15, 0.2) is 5.65 Å². The van der Waals surface area contributed by atoms with Crippen molar-refractivity contribution in [2.75, 3.05) is 0 Å². The van der Waals surface area contributed by atoms with Crippen molar-refractivity contribution in [3.8, 4) is 0 Å². The Labute approximate surface area is 101 Å². The van der Waals surface area contributed by atoms with Crippen LogP contribution in [0.5, 0.6) is 0 Å². The quantitative estimate of drug-likeness (QED) is 0.830. The standard InChI is InChI=1S/C13H18N4/c1-9-6-10-12(15-8-9)17-11(16-10)7-13(14)4-2-3-5-13/h6,8H,2-5,7,14H2,1H3,(H,15,16,17). The maximum Gasteiger partial charge on any atom is 0.177 e. The zero-order chi connectivity index (χ0) is 11.9. The summed E-state index contributed by atoms with van der Waals surface area (Å²) in [5.41, 5.74) is 9.27. The first kappa shape index (κ1) is 10.7. The van der Waals surface area contributed by atoms with Gasteiger partial charge in [-0.05, 0) is 31.4 Å². The summed E-state index contributed by atoms with van der Waals surface area (Å²) in [5.74, 6) is 0.975. The number of rotatable bonds is 2. The van der Waals surface area contributed by atoms with Gasteiger partial charge in [-0.3, -0.25) is 0 Å². The first-order chi connectivity index (χ1) is 8.15. The summed E-state index contributed by atoms with van der Waals surface area (Å²) in [7, 11) is 0. The average molecular weight is 230 g/mol. The minimum Gasteiger partial charge on any atom is -0.341 e. The third-order valence-electron chi connectivity index (χ3n) is 3.64. The number of nitrogens with one attached hydrogen (secondary N) is 1. The fourth-order valence-corrected chi connectivity index (χ4v) is 2.73. The average Bonchev–Trinajstić information content (AvgIpc) is 2.84. The first-order valence-electron chi connectivity index (χ1n) is 6.25. The van der Waals surface area contributed by atoms with Gasteiger partial charge in [0.2, 0.25) is 0 Å². The van der Waals surface area contributed by atoms with Crippen molar-refractivity contribution in [2.24, 2.45) is 5.73 Å². The van der Waals surface area contributed by atoms with E-state index in [1.165, 1.54) is 12.8 Å². The van der Waals surface area contributed by atoms with Gasteiger partial charge in [-0.25, -0.2) is 9.97 Å². The van der Waals surface area contributed by atoms with E-state index in [4.69, 9.17) is 5.73 Å². The fourth-order valence-electron chi connectivity index (χ4n) is 2.73. The molecule has 4 heteroatoms. The second-order valence-electron chi connectivity index (χ2n) is 5.31. The monoisotopic (exact) mass is 230 g/mol. The summed E-state index contributed by atoms with van der Waals surface area (Å²) in [6, 6.07) is 2.08. The van der Waals surface area contributed by atoms with Crippen LogP contribution in [0.2, 0.25) is 0 Å². The summed E-state index contributed by atoms with van der Waals surface area (Å²) in [4.78, 5) is 12.2. The minimum atomic E-state index is -0.0527. The first-order valence-corrected chi connectivity index (χ1v) is 6.25. The van der Waals surface area contributed by atoms with Crippen molar-refractivity contribution in [1.82, 2.24) is 15.0 Å². The topological polar surface area (TPSA) is 67.6 Å². The third kappa shape index (κ3) is 2.05. The second kappa shape index (κ2) is 3.81. The molecule has 0 spiro atoms. The summed E-state index contributed by atoms with van der Waals surface area (Å²) in [6.45, 7) is 2.04. The summed E-state index contributed by atoms with van der Waals surface area (Å²) in [5, 5.41) is 0.